The molecule has 1 fully saturated rings. The van der Waals surface area contributed by atoms with Gasteiger partial charge in [0, 0.05) is 38.0 Å². The van der Waals surface area contributed by atoms with Gasteiger partial charge in [0.1, 0.15) is 6.54 Å². The van der Waals surface area contributed by atoms with E-state index in [1.165, 1.54) is 6.20 Å². The fourth-order valence-corrected chi connectivity index (χ4v) is 3.71. The zero-order valence-corrected chi connectivity index (χ0v) is 16.6. The molecule has 1 saturated heterocycles. The van der Waals surface area contributed by atoms with Crippen molar-refractivity contribution < 1.29 is 9.59 Å². The molecule has 0 bridgehead atoms. The highest BCUT2D eigenvalue weighted by atomic mass is 16.2. The number of amides is 2. The van der Waals surface area contributed by atoms with E-state index in [1.807, 2.05) is 18.0 Å². The monoisotopic (exact) mass is 384 g/mol. The molecule has 1 aliphatic heterocycles. The van der Waals surface area contributed by atoms with Crippen LogP contribution in [0.5, 0.6) is 0 Å². The second-order valence-corrected chi connectivity index (χ2v) is 7.45. The molecule has 28 heavy (non-hydrogen) atoms. The Bertz CT molecular complexity index is 900. The third kappa shape index (κ3) is 4.40. The average molecular weight is 384 g/mol. The third-order valence-electron chi connectivity index (χ3n) is 5.47. The molecule has 0 aliphatic carbocycles. The van der Waals surface area contributed by atoms with Crippen molar-refractivity contribution in [1.29, 1.82) is 0 Å². The van der Waals surface area contributed by atoms with Gasteiger partial charge in [-0.05, 0) is 31.4 Å². The number of unbranched alkanes of at least 4 members (excludes halogenated alkanes) is 1. The molecular weight excluding hydrogens is 356 g/mol. The first-order chi connectivity index (χ1) is 13.5. The third-order valence-corrected chi connectivity index (χ3v) is 5.47. The van der Waals surface area contributed by atoms with Crippen LogP contribution in [-0.4, -0.2) is 58.1 Å². The summed E-state index contributed by atoms with van der Waals surface area (Å²) in [6.07, 6.45) is 4.73. The number of piperidine rings is 1. The van der Waals surface area contributed by atoms with Crippen molar-refractivity contribution in [3.05, 3.63) is 40.7 Å². The smallest absolute Gasteiger partial charge is 0.244 e. The number of hydrogen-bond acceptors (Lipinski definition) is 4. The van der Waals surface area contributed by atoms with E-state index in [1.54, 1.807) is 27.8 Å². The molecule has 7 nitrogen and oxygen atoms in total. The Morgan fingerprint density at radius 2 is 1.93 bits per heavy atom. The highest BCUT2D eigenvalue weighted by Crippen LogP contribution is 2.20. The molecule has 0 saturated carbocycles. The molecule has 3 rings (SSSR count). The maximum Gasteiger partial charge on any atom is 0.244 e. The lowest BCUT2D eigenvalue weighted by atomic mass is 9.95. The van der Waals surface area contributed by atoms with Gasteiger partial charge in [0.25, 0.3) is 0 Å². The van der Waals surface area contributed by atoms with Gasteiger partial charge in [0.15, 0.2) is 0 Å². The number of nitrogens with zero attached hydrogens (tertiary/aromatic N) is 4. The lowest BCUT2D eigenvalue weighted by Gasteiger charge is -2.33. The molecule has 7 heteroatoms. The van der Waals surface area contributed by atoms with E-state index in [0.29, 0.717) is 36.8 Å². The molecular formula is C21H28N4O3. The van der Waals surface area contributed by atoms with E-state index in [2.05, 4.69) is 12.0 Å². The largest absolute Gasteiger partial charge is 0.346 e. The van der Waals surface area contributed by atoms with Crippen LogP contribution in [0.15, 0.2) is 35.3 Å². The number of carbonyl (C=O) groups excluding carboxylic acids is 2. The van der Waals surface area contributed by atoms with Crippen LogP contribution >= 0.6 is 0 Å². The summed E-state index contributed by atoms with van der Waals surface area (Å²) in [6.45, 7) is 4.16. The second kappa shape index (κ2) is 8.99. The number of benzene rings is 1. The summed E-state index contributed by atoms with van der Waals surface area (Å²) in [5.74, 6) is 0.150. The van der Waals surface area contributed by atoms with Crippen LogP contribution in [-0.2, 0) is 16.1 Å². The van der Waals surface area contributed by atoms with Crippen LogP contribution in [0.2, 0.25) is 0 Å². The molecule has 1 aromatic carbocycles. The number of aromatic nitrogens is 2. The number of rotatable bonds is 6. The first-order valence-corrected chi connectivity index (χ1v) is 9.99. The predicted octanol–water partition coefficient (Wildman–Crippen LogP) is 1.89. The van der Waals surface area contributed by atoms with Crippen molar-refractivity contribution in [2.24, 2.45) is 5.92 Å². The molecule has 0 spiro atoms. The minimum atomic E-state index is -0.147. The summed E-state index contributed by atoms with van der Waals surface area (Å²) >= 11 is 0. The van der Waals surface area contributed by atoms with E-state index >= 15 is 0 Å². The van der Waals surface area contributed by atoms with Crippen molar-refractivity contribution in [3.63, 3.8) is 0 Å². The van der Waals surface area contributed by atoms with Crippen molar-refractivity contribution in [2.45, 2.75) is 39.2 Å². The van der Waals surface area contributed by atoms with Gasteiger partial charge in [-0.15, -0.1) is 0 Å². The zero-order valence-electron chi connectivity index (χ0n) is 16.6. The van der Waals surface area contributed by atoms with Gasteiger partial charge in [-0.2, -0.15) is 5.10 Å². The summed E-state index contributed by atoms with van der Waals surface area (Å²) in [4.78, 5) is 40.8. The Balaban J connectivity index is 1.60. The number of para-hydroxylation sites is 1. The van der Waals surface area contributed by atoms with Crippen molar-refractivity contribution in [3.8, 4) is 0 Å². The van der Waals surface area contributed by atoms with Crippen LogP contribution in [0, 0.1) is 5.92 Å². The molecule has 0 atom stereocenters. The predicted molar refractivity (Wildman–Crippen MR) is 108 cm³/mol. The maximum atomic E-state index is 12.7. The maximum absolute atomic E-state index is 12.7. The standard InChI is InChI=1S/C21H28N4O3/c1-3-4-11-23(2)21(28)16-9-12-24(13-10-16)20(27)15-25-18-8-6-5-7-17(18)19(26)14-22-25/h5-8,14,16H,3-4,9-13,15H2,1-2H3. The highest BCUT2D eigenvalue weighted by Gasteiger charge is 2.29. The first kappa shape index (κ1) is 20.0. The van der Waals surface area contributed by atoms with Gasteiger partial charge >= 0.3 is 0 Å². The van der Waals surface area contributed by atoms with Crippen LogP contribution in [0.1, 0.15) is 32.6 Å². The van der Waals surface area contributed by atoms with Crippen molar-refractivity contribution in [2.75, 3.05) is 26.7 Å². The fraction of sp³-hybridized carbons (Fsp3) is 0.524. The summed E-state index contributed by atoms with van der Waals surface area (Å²) in [6, 6.07) is 7.17. The quantitative estimate of drug-likeness (QED) is 0.762. The normalized spacial score (nSPS) is 15.0. The number of carbonyl (C=O) groups is 2. The highest BCUT2D eigenvalue weighted by molar-refractivity contribution is 5.82. The second-order valence-electron chi connectivity index (χ2n) is 7.45. The average Bonchev–Trinajstić information content (AvgIpc) is 2.73. The van der Waals surface area contributed by atoms with Gasteiger partial charge in [-0.25, -0.2) is 0 Å². The fourth-order valence-electron chi connectivity index (χ4n) is 3.71. The van der Waals surface area contributed by atoms with E-state index in [9.17, 15) is 14.4 Å². The molecule has 0 unspecified atom stereocenters. The molecule has 2 amide bonds. The van der Waals surface area contributed by atoms with Gasteiger partial charge in [-0.3, -0.25) is 19.1 Å². The number of hydrogen-bond donors (Lipinski definition) is 0. The lowest BCUT2D eigenvalue weighted by Crippen LogP contribution is -2.44. The summed E-state index contributed by atoms with van der Waals surface area (Å²) in [5.41, 5.74) is 0.511. The topological polar surface area (TPSA) is 75.5 Å². The van der Waals surface area contributed by atoms with Gasteiger partial charge in [-0.1, -0.05) is 25.5 Å². The molecule has 1 aromatic heterocycles. The molecule has 1 aliphatic rings. The molecule has 0 radical (unpaired) electrons. The van der Waals surface area contributed by atoms with Crippen molar-refractivity contribution in [1.82, 2.24) is 19.6 Å². The molecule has 2 aromatic rings. The van der Waals surface area contributed by atoms with E-state index in [4.69, 9.17) is 0 Å². The first-order valence-electron chi connectivity index (χ1n) is 9.99. The van der Waals surface area contributed by atoms with Crippen LogP contribution in [0.3, 0.4) is 0 Å². The van der Waals surface area contributed by atoms with Crippen LogP contribution in [0.4, 0.5) is 0 Å². The van der Waals surface area contributed by atoms with Crippen LogP contribution in [0.25, 0.3) is 10.9 Å². The summed E-state index contributed by atoms with van der Waals surface area (Å²) in [7, 11) is 1.86. The minimum Gasteiger partial charge on any atom is -0.346 e. The Morgan fingerprint density at radius 3 is 2.64 bits per heavy atom. The molecule has 0 N–H and O–H groups in total. The summed E-state index contributed by atoms with van der Waals surface area (Å²) in [5, 5.41) is 4.69. The summed E-state index contributed by atoms with van der Waals surface area (Å²) < 4.78 is 1.58. The van der Waals surface area contributed by atoms with E-state index < -0.39 is 0 Å². The zero-order chi connectivity index (χ0) is 20.1. The Hall–Kier alpha value is -2.70. The molecule has 150 valence electrons. The molecule has 2 heterocycles. The number of fused-ring (bicyclic) bond motifs is 1. The Labute approximate surface area is 164 Å². The minimum absolute atomic E-state index is 0.00254. The Morgan fingerprint density at radius 1 is 1.21 bits per heavy atom. The Kier molecular flexibility index (Phi) is 6.44. The lowest BCUT2D eigenvalue weighted by molar-refractivity contribution is -0.140. The van der Waals surface area contributed by atoms with Gasteiger partial charge in [0.05, 0.1) is 11.7 Å². The number of likely N-dealkylation sites (tertiary alicyclic amines) is 1. The SMILES string of the molecule is CCCCN(C)C(=O)C1CCN(C(=O)Cn2ncc(=O)c3ccccc32)CC1. The van der Waals surface area contributed by atoms with Gasteiger partial charge in [0.2, 0.25) is 17.2 Å². The van der Waals surface area contributed by atoms with E-state index in [-0.39, 0.29) is 29.7 Å². The van der Waals surface area contributed by atoms with E-state index in [0.717, 1.165) is 19.4 Å². The van der Waals surface area contributed by atoms with Gasteiger partial charge < -0.3 is 9.80 Å². The van der Waals surface area contributed by atoms with Crippen molar-refractivity contribution >= 4 is 22.7 Å². The van der Waals surface area contributed by atoms with Crippen LogP contribution < -0.4 is 5.43 Å².